The number of pyridine rings is 1. The number of nitrogens with zero attached hydrogens (tertiary/aromatic N) is 6. The van der Waals surface area contributed by atoms with Crippen molar-refractivity contribution in [3.63, 3.8) is 0 Å². The van der Waals surface area contributed by atoms with Crippen LogP contribution in [-0.2, 0) is 6.42 Å². The van der Waals surface area contributed by atoms with Crippen LogP contribution in [-0.4, -0.2) is 45.4 Å². The Morgan fingerprint density at radius 2 is 1.96 bits per heavy atom. The summed E-state index contributed by atoms with van der Waals surface area (Å²) in [5, 5.41) is 10.9. The highest BCUT2D eigenvalue weighted by Crippen LogP contribution is 2.23. The first kappa shape index (κ1) is 15.1. The van der Waals surface area contributed by atoms with E-state index in [4.69, 9.17) is 0 Å². The molecule has 0 spiro atoms. The van der Waals surface area contributed by atoms with E-state index < -0.39 is 0 Å². The van der Waals surface area contributed by atoms with E-state index in [1.54, 1.807) is 0 Å². The zero-order valence-corrected chi connectivity index (χ0v) is 13.6. The molecule has 0 amide bonds. The predicted octanol–water partition coefficient (Wildman–Crippen LogP) is 1.83. The van der Waals surface area contributed by atoms with Crippen LogP contribution in [0.2, 0.25) is 0 Å². The van der Waals surface area contributed by atoms with Gasteiger partial charge in [-0.25, -0.2) is 14.6 Å². The zero-order valence-electron chi connectivity index (χ0n) is 13.6. The summed E-state index contributed by atoms with van der Waals surface area (Å²) in [6.07, 6.45) is 2.60. The fourth-order valence-corrected chi connectivity index (χ4v) is 2.34. The molecule has 3 rings (SSSR count). The Hall–Kier alpha value is -2.77. The minimum atomic E-state index is 0.133. The van der Waals surface area contributed by atoms with Crippen LogP contribution in [0.25, 0.3) is 11.3 Å². The lowest BCUT2D eigenvalue weighted by Gasteiger charge is -2.19. The van der Waals surface area contributed by atoms with Gasteiger partial charge < -0.3 is 10.2 Å². The summed E-state index contributed by atoms with van der Waals surface area (Å²) < 4.78 is 4.69. The van der Waals surface area contributed by atoms with Crippen molar-refractivity contribution in [3.05, 3.63) is 29.6 Å². The van der Waals surface area contributed by atoms with Crippen molar-refractivity contribution >= 4 is 22.9 Å². The summed E-state index contributed by atoms with van der Waals surface area (Å²) in [7, 11) is 3.81. The van der Waals surface area contributed by atoms with Gasteiger partial charge >= 0.3 is 0 Å². The second-order valence-electron chi connectivity index (χ2n) is 5.72. The van der Waals surface area contributed by atoms with Crippen molar-refractivity contribution < 1.29 is 4.63 Å². The second-order valence-corrected chi connectivity index (χ2v) is 5.72. The Morgan fingerprint density at radius 3 is 2.65 bits per heavy atom. The van der Waals surface area contributed by atoms with E-state index in [-0.39, 0.29) is 6.04 Å². The van der Waals surface area contributed by atoms with Crippen molar-refractivity contribution in [2.75, 3.05) is 24.3 Å². The van der Waals surface area contributed by atoms with E-state index >= 15 is 0 Å². The molecule has 3 aromatic rings. The number of hydrogen-bond acceptors (Lipinski definition) is 8. The van der Waals surface area contributed by atoms with Crippen LogP contribution in [0.15, 0.2) is 23.0 Å². The SMILES string of the molecule is Cc1cccnc1C[C@H](C)Nc1nc2nonc2nc1N(C)C. The molecule has 1 atom stereocenters. The van der Waals surface area contributed by atoms with Gasteiger partial charge in [-0.15, -0.1) is 0 Å². The van der Waals surface area contributed by atoms with Crippen LogP contribution in [0, 0.1) is 6.92 Å². The highest BCUT2D eigenvalue weighted by molar-refractivity contribution is 5.73. The summed E-state index contributed by atoms with van der Waals surface area (Å²) >= 11 is 0. The Bertz CT molecular complexity index is 814. The van der Waals surface area contributed by atoms with Crippen LogP contribution in [0.3, 0.4) is 0 Å². The topological polar surface area (TPSA) is 92.9 Å². The number of aryl methyl sites for hydroxylation is 1. The Kier molecular flexibility index (Phi) is 4.05. The Labute approximate surface area is 133 Å². The molecule has 3 heterocycles. The number of anilines is 2. The van der Waals surface area contributed by atoms with E-state index in [0.29, 0.717) is 22.9 Å². The largest absolute Gasteiger partial charge is 0.364 e. The molecule has 0 aromatic carbocycles. The molecular formula is C15H19N7O. The molecule has 0 bridgehead atoms. The van der Waals surface area contributed by atoms with Crippen molar-refractivity contribution in [1.29, 1.82) is 0 Å². The summed E-state index contributed by atoms with van der Waals surface area (Å²) in [5.41, 5.74) is 3.03. The maximum atomic E-state index is 4.69. The van der Waals surface area contributed by atoms with Crippen molar-refractivity contribution in [1.82, 2.24) is 25.3 Å². The molecule has 0 saturated heterocycles. The molecule has 23 heavy (non-hydrogen) atoms. The maximum absolute atomic E-state index is 4.69. The maximum Gasteiger partial charge on any atom is 0.245 e. The molecule has 1 N–H and O–H groups in total. The van der Waals surface area contributed by atoms with Gasteiger partial charge in [0.2, 0.25) is 11.3 Å². The van der Waals surface area contributed by atoms with E-state index in [1.807, 2.05) is 31.3 Å². The quantitative estimate of drug-likeness (QED) is 0.762. The van der Waals surface area contributed by atoms with E-state index in [1.165, 1.54) is 5.56 Å². The van der Waals surface area contributed by atoms with Gasteiger partial charge in [-0.2, -0.15) is 0 Å². The molecule has 0 aliphatic rings. The van der Waals surface area contributed by atoms with Gasteiger partial charge in [0.1, 0.15) is 0 Å². The smallest absolute Gasteiger partial charge is 0.245 e. The van der Waals surface area contributed by atoms with Crippen molar-refractivity contribution in [2.24, 2.45) is 0 Å². The molecule has 0 unspecified atom stereocenters. The molecule has 120 valence electrons. The van der Waals surface area contributed by atoms with Crippen molar-refractivity contribution in [2.45, 2.75) is 26.3 Å². The van der Waals surface area contributed by atoms with Gasteiger partial charge in [0, 0.05) is 38.4 Å². The lowest BCUT2D eigenvalue weighted by Crippen LogP contribution is -2.23. The standard InChI is InChI=1S/C15H19N7O/c1-9-6-5-7-16-11(9)8-10(2)17-14-15(22(3)4)19-13-12(18-14)20-23-21-13/h5-7,10H,8H2,1-4H3,(H,17,18,20)/t10-/m0/s1. The summed E-state index contributed by atoms with van der Waals surface area (Å²) in [6.45, 7) is 4.15. The lowest BCUT2D eigenvalue weighted by molar-refractivity contribution is 0.314. The third-order valence-corrected chi connectivity index (χ3v) is 3.52. The zero-order chi connectivity index (χ0) is 16.4. The normalized spacial score (nSPS) is 12.3. The highest BCUT2D eigenvalue weighted by Gasteiger charge is 2.16. The monoisotopic (exact) mass is 313 g/mol. The number of nitrogens with one attached hydrogen (secondary N) is 1. The molecule has 0 saturated carbocycles. The molecule has 0 aliphatic carbocycles. The molecular weight excluding hydrogens is 294 g/mol. The summed E-state index contributed by atoms with van der Waals surface area (Å²) in [5.74, 6) is 1.34. The first-order valence-corrected chi connectivity index (χ1v) is 7.39. The average Bonchev–Trinajstić information content (AvgIpc) is 2.96. The molecule has 0 fully saturated rings. The predicted molar refractivity (Wildman–Crippen MR) is 87.5 cm³/mol. The summed E-state index contributed by atoms with van der Waals surface area (Å²) in [4.78, 5) is 15.2. The summed E-state index contributed by atoms with van der Waals surface area (Å²) in [6, 6.07) is 4.14. The van der Waals surface area contributed by atoms with E-state index in [2.05, 4.69) is 55.1 Å². The third-order valence-electron chi connectivity index (χ3n) is 3.52. The fourth-order valence-electron chi connectivity index (χ4n) is 2.34. The van der Waals surface area contributed by atoms with Crippen LogP contribution >= 0.6 is 0 Å². The fraction of sp³-hybridized carbons (Fsp3) is 0.400. The van der Waals surface area contributed by atoms with Gasteiger partial charge in [0.05, 0.1) is 0 Å². The molecule has 8 nitrogen and oxygen atoms in total. The van der Waals surface area contributed by atoms with E-state index in [0.717, 1.165) is 12.1 Å². The van der Waals surface area contributed by atoms with Gasteiger partial charge in [-0.1, -0.05) is 6.07 Å². The van der Waals surface area contributed by atoms with Crippen LogP contribution < -0.4 is 10.2 Å². The Morgan fingerprint density at radius 1 is 1.22 bits per heavy atom. The highest BCUT2D eigenvalue weighted by atomic mass is 16.6. The number of hydrogen-bond donors (Lipinski definition) is 1. The first-order valence-electron chi connectivity index (χ1n) is 7.39. The van der Waals surface area contributed by atoms with Gasteiger partial charge in [0.15, 0.2) is 11.6 Å². The van der Waals surface area contributed by atoms with Gasteiger partial charge in [-0.05, 0) is 35.8 Å². The van der Waals surface area contributed by atoms with Crippen LogP contribution in [0.4, 0.5) is 11.6 Å². The molecule has 8 heteroatoms. The minimum absolute atomic E-state index is 0.133. The minimum Gasteiger partial charge on any atom is -0.364 e. The van der Waals surface area contributed by atoms with Crippen molar-refractivity contribution in [3.8, 4) is 0 Å². The number of fused-ring (bicyclic) bond motifs is 1. The lowest BCUT2D eigenvalue weighted by atomic mass is 10.1. The molecule has 0 radical (unpaired) electrons. The van der Waals surface area contributed by atoms with Gasteiger partial charge in [0.25, 0.3) is 0 Å². The molecule has 3 aromatic heterocycles. The average molecular weight is 313 g/mol. The number of aromatic nitrogens is 5. The third kappa shape index (κ3) is 3.20. The number of rotatable bonds is 5. The van der Waals surface area contributed by atoms with E-state index in [9.17, 15) is 0 Å². The Balaban J connectivity index is 1.85. The van der Waals surface area contributed by atoms with Crippen LogP contribution in [0.5, 0.6) is 0 Å². The first-order chi connectivity index (χ1) is 11.0. The second kappa shape index (κ2) is 6.15. The molecule has 0 aliphatic heterocycles. The van der Waals surface area contributed by atoms with Crippen LogP contribution in [0.1, 0.15) is 18.2 Å². The van der Waals surface area contributed by atoms with Gasteiger partial charge in [-0.3, -0.25) is 4.98 Å².